The molecule has 0 saturated heterocycles. The zero-order valence-corrected chi connectivity index (χ0v) is 13.7. The normalized spacial score (nSPS) is 11.7. The number of rotatable bonds is 7. The van der Waals surface area contributed by atoms with Gasteiger partial charge in [-0.1, -0.05) is 44.0 Å². The van der Waals surface area contributed by atoms with Crippen LogP contribution in [0.5, 0.6) is 5.75 Å². The van der Waals surface area contributed by atoms with E-state index in [1.807, 2.05) is 6.07 Å². The molecule has 1 N–H and O–H groups in total. The Labute approximate surface area is 126 Å². The highest BCUT2D eigenvalue weighted by Crippen LogP contribution is 2.33. The number of aryl methyl sites for hydroxylation is 1. The van der Waals surface area contributed by atoms with Gasteiger partial charge in [-0.05, 0) is 36.4 Å². The first kappa shape index (κ1) is 16.6. The van der Waals surface area contributed by atoms with Gasteiger partial charge in [0.2, 0.25) is 0 Å². The minimum absolute atomic E-state index is 0.242. The number of hydrogen-bond donors (Lipinski definition) is 1. The summed E-state index contributed by atoms with van der Waals surface area (Å²) in [5.74, 6) is 0.627. The van der Waals surface area contributed by atoms with Crippen LogP contribution in [-0.4, -0.2) is 20.2 Å². The lowest BCUT2D eigenvalue weighted by atomic mass is 9.86. The minimum atomic E-state index is 0.242. The van der Waals surface area contributed by atoms with E-state index < -0.39 is 0 Å². The van der Waals surface area contributed by atoms with Crippen LogP contribution in [0.25, 0.3) is 0 Å². The van der Waals surface area contributed by atoms with Crippen LogP contribution in [0.2, 0.25) is 10.0 Å². The van der Waals surface area contributed by atoms with Crippen molar-refractivity contribution in [3.8, 4) is 5.75 Å². The highest BCUT2D eigenvalue weighted by Gasteiger charge is 2.18. The molecule has 0 aromatic heterocycles. The quantitative estimate of drug-likeness (QED) is 0.796. The maximum absolute atomic E-state index is 6.26. The number of hydrogen-bond acceptors (Lipinski definition) is 2. The molecule has 108 valence electrons. The average molecular weight is 304 g/mol. The Hall–Kier alpha value is -0.440. The lowest BCUT2D eigenvalue weighted by Crippen LogP contribution is -2.29. The van der Waals surface area contributed by atoms with Gasteiger partial charge in [0, 0.05) is 17.6 Å². The van der Waals surface area contributed by atoms with Crippen molar-refractivity contribution in [2.24, 2.45) is 5.41 Å². The SMILES string of the molecule is CCNCC(C)(C)CCc1cc(Cl)c(OC)cc1Cl. The monoisotopic (exact) mass is 303 g/mol. The summed E-state index contributed by atoms with van der Waals surface area (Å²) in [6.45, 7) is 8.64. The van der Waals surface area contributed by atoms with Crippen molar-refractivity contribution >= 4 is 23.2 Å². The first-order valence-electron chi connectivity index (χ1n) is 6.62. The fourth-order valence-electron chi connectivity index (χ4n) is 1.94. The van der Waals surface area contributed by atoms with E-state index in [-0.39, 0.29) is 5.41 Å². The largest absolute Gasteiger partial charge is 0.495 e. The van der Waals surface area contributed by atoms with Crippen molar-refractivity contribution in [1.29, 1.82) is 0 Å². The lowest BCUT2D eigenvalue weighted by Gasteiger charge is -2.25. The van der Waals surface area contributed by atoms with E-state index in [2.05, 4.69) is 26.1 Å². The fraction of sp³-hybridized carbons (Fsp3) is 0.600. The van der Waals surface area contributed by atoms with Crippen LogP contribution in [0.3, 0.4) is 0 Å². The predicted octanol–water partition coefficient (Wildman–Crippen LogP) is 4.57. The van der Waals surface area contributed by atoms with Gasteiger partial charge in [0.25, 0.3) is 0 Å². The Morgan fingerprint density at radius 1 is 1.21 bits per heavy atom. The summed E-state index contributed by atoms with van der Waals surface area (Å²) in [6.07, 6.45) is 1.98. The molecule has 0 atom stereocenters. The van der Waals surface area contributed by atoms with Gasteiger partial charge >= 0.3 is 0 Å². The topological polar surface area (TPSA) is 21.3 Å². The maximum Gasteiger partial charge on any atom is 0.138 e. The Morgan fingerprint density at radius 3 is 2.47 bits per heavy atom. The summed E-state index contributed by atoms with van der Waals surface area (Å²) in [7, 11) is 1.59. The van der Waals surface area contributed by atoms with Gasteiger partial charge in [-0.2, -0.15) is 0 Å². The third kappa shape index (κ3) is 5.21. The van der Waals surface area contributed by atoms with Crippen LogP contribution in [-0.2, 0) is 6.42 Å². The van der Waals surface area contributed by atoms with Gasteiger partial charge in [-0.15, -0.1) is 0 Å². The number of ether oxygens (including phenoxy) is 1. The lowest BCUT2D eigenvalue weighted by molar-refractivity contribution is 0.318. The molecule has 0 fully saturated rings. The van der Waals surface area contributed by atoms with Gasteiger partial charge in [0.1, 0.15) is 5.75 Å². The molecule has 1 aromatic rings. The molecule has 0 bridgehead atoms. The summed E-state index contributed by atoms with van der Waals surface area (Å²) in [6, 6.07) is 3.70. The molecule has 0 radical (unpaired) electrons. The molecule has 4 heteroatoms. The molecule has 1 rings (SSSR count). The summed E-state index contributed by atoms with van der Waals surface area (Å²) < 4.78 is 5.15. The van der Waals surface area contributed by atoms with Crippen LogP contribution < -0.4 is 10.1 Å². The molecule has 0 heterocycles. The fourth-order valence-corrected chi connectivity index (χ4v) is 2.45. The summed E-state index contributed by atoms with van der Waals surface area (Å²) in [5.41, 5.74) is 1.32. The van der Waals surface area contributed by atoms with E-state index in [1.54, 1.807) is 13.2 Å². The van der Waals surface area contributed by atoms with E-state index in [0.717, 1.165) is 36.5 Å². The number of methoxy groups -OCH3 is 1. The van der Waals surface area contributed by atoms with Crippen LogP contribution in [0.1, 0.15) is 32.8 Å². The molecule has 0 aliphatic carbocycles. The van der Waals surface area contributed by atoms with Crippen molar-refractivity contribution in [3.63, 3.8) is 0 Å². The number of benzene rings is 1. The zero-order chi connectivity index (χ0) is 14.5. The number of nitrogens with one attached hydrogen (secondary N) is 1. The van der Waals surface area contributed by atoms with Crippen molar-refractivity contribution < 1.29 is 4.74 Å². The molecule has 0 amide bonds. The Balaban J connectivity index is 2.70. The molecule has 0 saturated carbocycles. The summed E-state index contributed by atoms with van der Waals surface area (Å²) in [4.78, 5) is 0. The van der Waals surface area contributed by atoms with E-state index in [4.69, 9.17) is 27.9 Å². The van der Waals surface area contributed by atoms with Crippen molar-refractivity contribution in [1.82, 2.24) is 5.32 Å². The first-order valence-corrected chi connectivity index (χ1v) is 7.38. The van der Waals surface area contributed by atoms with Gasteiger partial charge in [0.05, 0.1) is 12.1 Å². The van der Waals surface area contributed by atoms with Crippen LogP contribution in [0.4, 0.5) is 0 Å². The van der Waals surface area contributed by atoms with Crippen LogP contribution in [0, 0.1) is 5.41 Å². The van der Waals surface area contributed by atoms with Gasteiger partial charge in [-0.3, -0.25) is 0 Å². The maximum atomic E-state index is 6.26. The molecule has 0 aliphatic heterocycles. The molecule has 19 heavy (non-hydrogen) atoms. The van der Waals surface area contributed by atoms with Crippen molar-refractivity contribution in [3.05, 3.63) is 27.7 Å². The minimum Gasteiger partial charge on any atom is -0.495 e. The second-order valence-corrected chi connectivity index (χ2v) is 6.34. The van der Waals surface area contributed by atoms with E-state index in [1.165, 1.54) is 0 Å². The second-order valence-electron chi connectivity index (χ2n) is 5.52. The Kier molecular flexibility index (Phi) is 6.45. The standard InChI is InChI=1S/C15H23Cl2NO/c1-5-18-10-15(2,3)7-6-11-8-13(17)14(19-4)9-12(11)16/h8-9,18H,5-7,10H2,1-4H3. The average Bonchev–Trinajstić information content (AvgIpc) is 2.37. The molecule has 1 aromatic carbocycles. The Morgan fingerprint density at radius 2 is 1.89 bits per heavy atom. The highest BCUT2D eigenvalue weighted by atomic mass is 35.5. The van der Waals surface area contributed by atoms with Gasteiger partial charge in [0.15, 0.2) is 0 Å². The highest BCUT2D eigenvalue weighted by molar-refractivity contribution is 6.34. The first-order chi connectivity index (χ1) is 8.89. The predicted molar refractivity (Wildman–Crippen MR) is 83.7 cm³/mol. The third-order valence-electron chi connectivity index (χ3n) is 3.25. The molecule has 0 aliphatic rings. The van der Waals surface area contributed by atoms with E-state index in [9.17, 15) is 0 Å². The van der Waals surface area contributed by atoms with Crippen molar-refractivity contribution in [2.45, 2.75) is 33.6 Å². The Bertz CT molecular complexity index is 419. The second kappa shape index (κ2) is 7.37. The van der Waals surface area contributed by atoms with Crippen LogP contribution in [0.15, 0.2) is 12.1 Å². The molecule has 0 unspecified atom stereocenters. The summed E-state index contributed by atoms with van der Waals surface area (Å²) in [5, 5.41) is 4.73. The van der Waals surface area contributed by atoms with Gasteiger partial charge < -0.3 is 10.1 Å². The zero-order valence-electron chi connectivity index (χ0n) is 12.1. The number of halogens is 2. The van der Waals surface area contributed by atoms with Gasteiger partial charge in [-0.25, -0.2) is 0 Å². The molecule has 2 nitrogen and oxygen atoms in total. The molecular formula is C15H23Cl2NO. The van der Waals surface area contributed by atoms with E-state index in [0.29, 0.717) is 10.8 Å². The van der Waals surface area contributed by atoms with E-state index >= 15 is 0 Å². The summed E-state index contributed by atoms with van der Waals surface area (Å²) >= 11 is 12.4. The molecule has 0 spiro atoms. The van der Waals surface area contributed by atoms with Crippen molar-refractivity contribution in [2.75, 3.05) is 20.2 Å². The molecular weight excluding hydrogens is 281 g/mol. The third-order valence-corrected chi connectivity index (χ3v) is 3.89. The van der Waals surface area contributed by atoms with Crippen LogP contribution >= 0.6 is 23.2 Å². The smallest absolute Gasteiger partial charge is 0.138 e.